The van der Waals surface area contributed by atoms with E-state index in [1.54, 1.807) is 0 Å². The second-order valence-corrected chi connectivity index (χ2v) is 5.66. The number of benzene rings is 1. The van der Waals surface area contributed by atoms with E-state index in [9.17, 15) is 9.59 Å². The third-order valence-corrected chi connectivity index (χ3v) is 3.83. The lowest BCUT2D eigenvalue weighted by Gasteiger charge is -2.15. The molecule has 0 bridgehead atoms. The molecule has 1 unspecified atom stereocenters. The number of H-pyrrole nitrogens is 1. The molecular formula is C16H19N3O2. The van der Waals surface area contributed by atoms with Gasteiger partial charge in [-0.3, -0.25) is 14.3 Å². The van der Waals surface area contributed by atoms with Crippen LogP contribution in [0.15, 0.2) is 46.0 Å². The van der Waals surface area contributed by atoms with Gasteiger partial charge in [0.15, 0.2) is 0 Å². The van der Waals surface area contributed by atoms with Crippen LogP contribution in [-0.2, 0) is 6.54 Å². The van der Waals surface area contributed by atoms with Crippen molar-refractivity contribution in [1.29, 1.82) is 0 Å². The minimum Gasteiger partial charge on any atom is -0.365 e. The Morgan fingerprint density at radius 1 is 1.29 bits per heavy atom. The van der Waals surface area contributed by atoms with Gasteiger partial charge < -0.3 is 5.32 Å². The van der Waals surface area contributed by atoms with Crippen molar-refractivity contribution >= 4 is 5.82 Å². The predicted molar refractivity (Wildman–Crippen MR) is 82.5 cm³/mol. The van der Waals surface area contributed by atoms with Crippen LogP contribution in [0.25, 0.3) is 0 Å². The maximum atomic E-state index is 12.0. The maximum Gasteiger partial charge on any atom is 0.329 e. The van der Waals surface area contributed by atoms with Gasteiger partial charge in [-0.2, -0.15) is 0 Å². The standard InChI is InChI=1S/C16H19N3O2/c1-11(13-5-3-2-4-6-13)17-14-9-15(20)19(16(21)18-14)10-12-7-8-12/h2-6,9,11-12,17H,7-8,10H2,1H3,(H,18,21). The molecule has 1 saturated carbocycles. The molecule has 0 aliphatic heterocycles. The fraction of sp³-hybridized carbons (Fsp3) is 0.375. The highest BCUT2D eigenvalue weighted by atomic mass is 16.2. The van der Waals surface area contributed by atoms with Crippen LogP contribution in [0.4, 0.5) is 5.82 Å². The van der Waals surface area contributed by atoms with Crippen LogP contribution in [0, 0.1) is 5.92 Å². The summed E-state index contributed by atoms with van der Waals surface area (Å²) in [5.74, 6) is 0.958. The Balaban J connectivity index is 1.80. The molecule has 2 aromatic rings. The Bertz CT molecular complexity index is 698. The van der Waals surface area contributed by atoms with E-state index in [0.29, 0.717) is 18.3 Å². The number of hydrogen-bond acceptors (Lipinski definition) is 3. The van der Waals surface area contributed by atoms with Crippen LogP contribution in [0.2, 0.25) is 0 Å². The zero-order valence-electron chi connectivity index (χ0n) is 12.0. The zero-order chi connectivity index (χ0) is 14.8. The van der Waals surface area contributed by atoms with Crippen LogP contribution < -0.4 is 16.6 Å². The van der Waals surface area contributed by atoms with E-state index in [1.165, 1.54) is 10.6 Å². The summed E-state index contributed by atoms with van der Waals surface area (Å²) in [5.41, 5.74) is 0.520. The quantitative estimate of drug-likeness (QED) is 0.884. The summed E-state index contributed by atoms with van der Waals surface area (Å²) in [6, 6.07) is 11.4. The SMILES string of the molecule is CC(Nc1cc(=O)n(CC2CC2)c(=O)[nH]1)c1ccccc1. The van der Waals surface area contributed by atoms with Crippen LogP contribution in [0.5, 0.6) is 0 Å². The first-order valence-corrected chi connectivity index (χ1v) is 7.29. The summed E-state index contributed by atoms with van der Waals surface area (Å²) >= 11 is 0. The summed E-state index contributed by atoms with van der Waals surface area (Å²) in [5, 5.41) is 3.17. The number of nitrogens with one attached hydrogen (secondary N) is 2. The number of hydrogen-bond donors (Lipinski definition) is 2. The third kappa shape index (κ3) is 3.24. The van der Waals surface area contributed by atoms with Crippen molar-refractivity contribution in [2.24, 2.45) is 5.92 Å². The molecule has 21 heavy (non-hydrogen) atoms. The van der Waals surface area contributed by atoms with Crippen molar-refractivity contribution in [2.45, 2.75) is 32.4 Å². The van der Waals surface area contributed by atoms with Crippen molar-refractivity contribution in [3.05, 3.63) is 62.8 Å². The fourth-order valence-electron chi connectivity index (χ4n) is 2.39. The van der Waals surface area contributed by atoms with E-state index in [-0.39, 0.29) is 17.3 Å². The Morgan fingerprint density at radius 3 is 2.62 bits per heavy atom. The molecule has 1 fully saturated rings. The van der Waals surface area contributed by atoms with Crippen molar-refractivity contribution in [3.8, 4) is 0 Å². The second kappa shape index (κ2) is 5.60. The topological polar surface area (TPSA) is 66.9 Å². The highest BCUT2D eigenvalue weighted by molar-refractivity contribution is 5.36. The van der Waals surface area contributed by atoms with Gasteiger partial charge in [0.1, 0.15) is 5.82 Å². The van der Waals surface area contributed by atoms with Crippen LogP contribution in [0.3, 0.4) is 0 Å². The smallest absolute Gasteiger partial charge is 0.329 e. The molecule has 1 aliphatic rings. The average molecular weight is 285 g/mol. The molecule has 1 aromatic heterocycles. The van der Waals surface area contributed by atoms with Crippen molar-refractivity contribution < 1.29 is 0 Å². The highest BCUT2D eigenvalue weighted by Crippen LogP contribution is 2.29. The lowest BCUT2D eigenvalue weighted by Crippen LogP contribution is -2.35. The lowest BCUT2D eigenvalue weighted by atomic mass is 10.1. The van der Waals surface area contributed by atoms with Crippen molar-refractivity contribution in [3.63, 3.8) is 0 Å². The largest absolute Gasteiger partial charge is 0.365 e. The Kier molecular flexibility index (Phi) is 3.64. The van der Waals surface area contributed by atoms with E-state index in [4.69, 9.17) is 0 Å². The Morgan fingerprint density at radius 2 is 2.00 bits per heavy atom. The number of aromatic amines is 1. The maximum absolute atomic E-state index is 12.0. The van der Waals surface area contributed by atoms with Crippen LogP contribution >= 0.6 is 0 Å². The third-order valence-electron chi connectivity index (χ3n) is 3.83. The van der Waals surface area contributed by atoms with Gasteiger partial charge in [-0.05, 0) is 31.2 Å². The van der Waals surface area contributed by atoms with Gasteiger partial charge in [-0.25, -0.2) is 4.79 Å². The first-order chi connectivity index (χ1) is 10.1. The van der Waals surface area contributed by atoms with E-state index in [0.717, 1.165) is 18.4 Å². The fourth-order valence-corrected chi connectivity index (χ4v) is 2.39. The van der Waals surface area contributed by atoms with Gasteiger partial charge in [0.25, 0.3) is 5.56 Å². The normalized spacial score (nSPS) is 15.7. The predicted octanol–water partition coefficient (Wildman–Crippen LogP) is 2.12. The van der Waals surface area contributed by atoms with E-state index >= 15 is 0 Å². The highest BCUT2D eigenvalue weighted by Gasteiger charge is 2.23. The molecule has 1 aromatic carbocycles. The van der Waals surface area contributed by atoms with Crippen LogP contribution in [-0.4, -0.2) is 9.55 Å². The van der Waals surface area contributed by atoms with E-state index in [1.807, 2.05) is 37.3 Å². The Hall–Kier alpha value is -2.30. The molecule has 1 atom stereocenters. The van der Waals surface area contributed by atoms with Gasteiger partial charge in [0, 0.05) is 18.7 Å². The van der Waals surface area contributed by atoms with Crippen molar-refractivity contribution in [1.82, 2.24) is 9.55 Å². The summed E-state index contributed by atoms with van der Waals surface area (Å²) in [6.07, 6.45) is 2.22. The lowest BCUT2D eigenvalue weighted by molar-refractivity contribution is 0.575. The molecule has 1 heterocycles. The molecule has 0 spiro atoms. The number of aromatic nitrogens is 2. The van der Waals surface area contributed by atoms with Gasteiger partial charge in [-0.1, -0.05) is 30.3 Å². The van der Waals surface area contributed by atoms with Gasteiger partial charge in [0.05, 0.1) is 0 Å². The Labute approximate surface area is 122 Å². The second-order valence-electron chi connectivity index (χ2n) is 5.66. The molecule has 5 heteroatoms. The molecule has 110 valence electrons. The molecular weight excluding hydrogens is 266 g/mol. The molecule has 3 rings (SSSR count). The number of rotatable bonds is 5. The molecule has 0 amide bonds. The molecule has 5 nitrogen and oxygen atoms in total. The van der Waals surface area contributed by atoms with Gasteiger partial charge in [0.2, 0.25) is 0 Å². The van der Waals surface area contributed by atoms with E-state index < -0.39 is 0 Å². The molecule has 2 N–H and O–H groups in total. The average Bonchev–Trinajstić information content (AvgIpc) is 3.28. The van der Waals surface area contributed by atoms with Crippen LogP contribution in [0.1, 0.15) is 31.4 Å². The minimum absolute atomic E-state index is 0.0144. The first-order valence-electron chi connectivity index (χ1n) is 7.29. The molecule has 0 radical (unpaired) electrons. The van der Waals surface area contributed by atoms with Gasteiger partial charge >= 0.3 is 5.69 Å². The monoisotopic (exact) mass is 285 g/mol. The first kappa shape index (κ1) is 13.7. The zero-order valence-corrected chi connectivity index (χ0v) is 12.0. The summed E-state index contributed by atoms with van der Waals surface area (Å²) in [7, 11) is 0. The molecule has 1 aliphatic carbocycles. The van der Waals surface area contributed by atoms with Crippen molar-refractivity contribution in [2.75, 3.05) is 5.32 Å². The summed E-state index contributed by atoms with van der Waals surface area (Å²) in [4.78, 5) is 26.8. The number of anilines is 1. The molecule has 0 saturated heterocycles. The van der Waals surface area contributed by atoms with Gasteiger partial charge in [-0.15, -0.1) is 0 Å². The van der Waals surface area contributed by atoms with E-state index in [2.05, 4.69) is 10.3 Å². The number of nitrogens with zero attached hydrogens (tertiary/aromatic N) is 1. The summed E-state index contributed by atoms with van der Waals surface area (Å²) in [6.45, 7) is 2.52. The summed E-state index contributed by atoms with van der Waals surface area (Å²) < 4.78 is 1.29. The minimum atomic E-state index is -0.336.